The predicted molar refractivity (Wildman–Crippen MR) is 64.4 cm³/mol. The SMILES string of the molecule is CC(C)CSc1ccc(C#N)c(Br)c1. The molecule has 0 spiro atoms. The molecule has 0 amide bonds. The van der Waals surface area contributed by atoms with Crippen molar-refractivity contribution in [1.29, 1.82) is 5.26 Å². The molecule has 0 aliphatic carbocycles. The fourth-order valence-corrected chi connectivity index (χ4v) is 2.45. The van der Waals surface area contributed by atoms with E-state index in [0.717, 1.165) is 10.2 Å². The van der Waals surface area contributed by atoms with Crippen molar-refractivity contribution in [2.45, 2.75) is 18.7 Å². The van der Waals surface area contributed by atoms with Crippen LogP contribution >= 0.6 is 27.7 Å². The smallest absolute Gasteiger partial charge is 0.100 e. The largest absolute Gasteiger partial charge is 0.192 e. The summed E-state index contributed by atoms with van der Waals surface area (Å²) < 4.78 is 0.883. The van der Waals surface area contributed by atoms with Gasteiger partial charge in [0.1, 0.15) is 6.07 Å². The molecule has 0 heterocycles. The van der Waals surface area contributed by atoms with Gasteiger partial charge in [-0.05, 0) is 40.0 Å². The number of thioether (sulfide) groups is 1. The van der Waals surface area contributed by atoms with E-state index in [2.05, 4.69) is 35.8 Å². The molecule has 0 unspecified atom stereocenters. The minimum Gasteiger partial charge on any atom is -0.192 e. The molecule has 0 atom stereocenters. The summed E-state index contributed by atoms with van der Waals surface area (Å²) in [5, 5.41) is 8.74. The number of hydrogen-bond donors (Lipinski definition) is 0. The Kier molecular flexibility index (Phi) is 4.50. The van der Waals surface area contributed by atoms with E-state index in [4.69, 9.17) is 5.26 Å². The van der Waals surface area contributed by atoms with Crippen molar-refractivity contribution in [3.63, 3.8) is 0 Å². The van der Waals surface area contributed by atoms with E-state index in [1.54, 1.807) is 0 Å². The third-order valence-corrected chi connectivity index (χ3v) is 3.72. The van der Waals surface area contributed by atoms with Crippen molar-refractivity contribution in [1.82, 2.24) is 0 Å². The van der Waals surface area contributed by atoms with Gasteiger partial charge in [0.25, 0.3) is 0 Å². The maximum Gasteiger partial charge on any atom is 0.100 e. The van der Waals surface area contributed by atoms with Crippen molar-refractivity contribution in [3.05, 3.63) is 28.2 Å². The van der Waals surface area contributed by atoms with Gasteiger partial charge in [0.2, 0.25) is 0 Å². The van der Waals surface area contributed by atoms with Gasteiger partial charge in [-0.2, -0.15) is 5.26 Å². The van der Waals surface area contributed by atoms with Gasteiger partial charge in [-0.1, -0.05) is 13.8 Å². The summed E-state index contributed by atoms with van der Waals surface area (Å²) in [5.74, 6) is 1.80. The van der Waals surface area contributed by atoms with Crippen LogP contribution < -0.4 is 0 Å². The van der Waals surface area contributed by atoms with Crippen LogP contribution in [0.4, 0.5) is 0 Å². The third kappa shape index (κ3) is 3.36. The second-order valence-electron chi connectivity index (χ2n) is 3.46. The Hall–Kier alpha value is -0.460. The van der Waals surface area contributed by atoms with E-state index in [1.807, 2.05) is 30.0 Å². The standard InChI is InChI=1S/C11H12BrNS/c1-8(2)7-14-10-4-3-9(6-13)11(12)5-10/h3-5,8H,7H2,1-2H3. The van der Waals surface area contributed by atoms with Gasteiger partial charge in [0.05, 0.1) is 5.56 Å². The minimum atomic E-state index is 0.689. The zero-order valence-corrected chi connectivity index (χ0v) is 10.7. The number of hydrogen-bond acceptors (Lipinski definition) is 2. The highest BCUT2D eigenvalue weighted by atomic mass is 79.9. The topological polar surface area (TPSA) is 23.8 Å². The average molecular weight is 270 g/mol. The summed E-state index contributed by atoms with van der Waals surface area (Å²) in [6.45, 7) is 4.40. The predicted octanol–water partition coefficient (Wildman–Crippen LogP) is 4.07. The Morgan fingerprint density at radius 3 is 2.71 bits per heavy atom. The first-order valence-corrected chi connectivity index (χ1v) is 6.23. The van der Waals surface area contributed by atoms with Gasteiger partial charge in [-0.3, -0.25) is 0 Å². The quantitative estimate of drug-likeness (QED) is 0.773. The molecule has 74 valence electrons. The monoisotopic (exact) mass is 269 g/mol. The van der Waals surface area contributed by atoms with E-state index in [9.17, 15) is 0 Å². The molecule has 1 aromatic carbocycles. The molecule has 0 fully saturated rings. The van der Waals surface area contributed by atoms with Crippen LogP contribution in [-0.4, -0.2) is 5.75 Å². The Bertz CT molecular complexity index is 355. The molecule has 0 saturated heterocycles. The summed E-state index contributed by atoms with van der Waals surface area (Å²) in [5.41, 5.74) is 0.693. The molecule has 14 heavy (non-hydrogen) atoms. The highest BCUT2D eigenvalue weighted by molar-refractivity contribution is 9.10. The van der Waals surface area contributed by atoms with Crippen molar-refractivity contribution in [2.75, 3.05) is 5.75 Å². The molecule has 1 nitrogen and oxygen atoms in total. The lowest BCUT2D eigenvalue weighted by atomic mass is 10.2. The van der Waals surface area contributed by atoms with Crippen LogP contribution in [0.1, 0.15) is 19.4 Å². The first-order chi connectivity index (χ1) is 6.63. The van der Waals surface area contributed by atoms with Crippen molar-refractivity contribution in [2.24, 2.45) is 5.92 Å². The molecular formula is C11H12BrNS. The molecule has 0 saturated carbocycles. The van der Waals surface area contributed by atoms with E-state index in [-0.39, 0.29) is 0 Å². The molecule has 0 aromatic heterocycles. The van der Waals surface area contributed by atoms with Crippen LogP contribution in [0.2, 0.25) is 0 Å². The molecule has 0 bridgehead atoms. The fraction of sp³-hybridized carbons (Fsp3) is 0.364. The summed E-state index contributed by atoms with van der Waals surface area (Å²) >= 11 is 5.20. The van der Waals surface area contributed by atoms with Gasteiger partial charge in [-0.15, -0.1) is 11.8 Å². The molecule has 0 aliphatic heterocycles. The second kappa shape index (κ2) is 5.43. The summed E-state index contributed by atoms with van der Waals surface area (Å²) in [6, 6.07) is 7.99. The molecular weight excluding hydrogens is 258 g/mol. The number of nitrogens with zero attached hydrogens (tertiary/aromatic N) is 1. The first-order valence-electron chi connectivity index (χ1n) is 4.46. The van der Waals surface area contributed by atoms with E-state index >= 15 is 0 Å². The Morgan fingerprint density at radius 1 is 1.50 bits per heavy atom. The number of halogens is 1. The fourth-order valence-electron chi connectivity index (χ4n) is 0.939. The highest BCUT2D eigenvalue weighted by Gasteiger charge is 2.02. The molecule has 3 heteroatoms. The maximum absolute atomic E-state index is 8.74. The molecule has 0 N–H and O–H groups in total. The minimum absolute atomic E-state index is 0.689. The van der Waals surface area contributed by atoms with Crippen LogP contribution in [0.5, 0.6) is 0 Å². The molecule has 1 rings (SSSR count). The molecule has 1 aromatic rings. The lowest BCUT2D eigenvalue weighted by Crippen LogP contribution is -1.90. The Balaban J connectivity index is 2.73. The van der Waals surface area contributed by atoms with Crippen LogP contribution in [0.25, 0.3) is 0 Å². The van der Waals surface area contributed by atoms with Crippen molar-refractivity contribution >= 4 is 27.7 Å². The Morgan fingerprint density at radius 2 is 2.21 bits per heavy atom. The summed E-state index contributed by atoms with van der Waals surface area (Å²) in [4.78, 5) is 1.21. The van der Waals surface area contributed by atoms with E-state index in [0.29, 0.717) is 11.5 Å². The number of benzene rings is 1. The lowest BCUT2D eigenvalue weighted by Gasteiger charge is -2.05. The number of nitriles is 1. The highest BCUT2D eigenvalue weighted by Crippen LogP contribution is 2.26. The number of rotatable bonds is 3. The van der Waals surface area contributed by atoms with Crippen LogP contribution in [-0.2, 0) is 0 Å². The molecule has 0 aliphatic rings. The van der Waals surface area contributed by atoms with Crippen molar-refractivity contribution in [3.8, 4) is 6.07 Å². The van der Waals surface area contributed by atoms with E-state index < -0.39 is 0 Å². The van der Waals surface area contributed by atoms with Crippen LogP contribution in [0, 0.1) is 17.2 Å². The second-order valence-corrected chi connectivity index (χ2v) is 5.41. The third-order valence-electron chi connectivity index (χ3n) is 1.64. The normalized spacial score (nSPS) is 10.2. The van der Waals surface area contributed by atoms with Crippen molar-refractivity contribution < 1.29 is 0 Å². The van der Waals surface area contributed by atoms with E-state index in [1.165, 1.54) is 4.90 Å². The van der Waals surface area contributed by atoms with Gasteiger partial charge in [0, 0.05) is 15.1 Å². The first kappa shape index (κ1) is 11.6. The molecule has 0 radical (unpaired) electrons. The summed E-state index contributed by atoms with van der Waals surface area (Å²) in [6.07, 6.45) is 0. The summed E-state index contributed by atoms with van der Waals surface area (Å²) in [7, 11) is 0. The zero-order chi connectivity index (χ0) is 10.6. The maximum atomic E-state index is 8.74. The van der Waals surface area contributed by atoms with Gasteiger partial charge < -0.3 is 0 Å². The zero-order valence-electron chi connectivity index (χ0n) is 8.25. The average Bonchev–Trinajstić information content (AvgIpc) is 2.15. The van der Waals surface area contributed by atoms with Crippen LogP contribution in [0.3, 0.4) is 0 Å². The lowest BCUT2D eigenvalue weighted by molar-refractivity contribution is 0.750. The van der Waals surface area contributed by atoms with Gasteiger partial charge >= 0.3 is 0 Å². The van der Waals surface area contributed by atoms with Gasteiger partial charge in [-0.25, -0.2) is 0 Å². The van der Waals surface area contributed by atoms with Gasteiger partial charge in [0.15, 0.2) is 0 Å². The Labute approximate surface area is 97.6 Å². The van der Waals surface area contributed by atoms with Crippen LogP contribution in [0.15, 0.2) is 27.6 Å².